The molecule has 0 N–H and O–H groups in total. The number of nitrogens with zero attached hydrogens (tertiary/aromatic N) is 4. The smallest absolute Gasteiger partial charge is 0.316 e. The standard InChI is InChI=1S/C9H12N4O2S/c1-11-5-6(10-8(11)16-4)12(2)9(15)13(3)7(5)14/h1-4H3. The van der Waals surface area contributed by atoms with Gasteiger partial charge in [0.05, 0.1) is 0 Å². The van der Waals surface area contributed by atoms with E-state index in [1.54, 1.807) is 18.7 Å². The van der Waals surface area contributed by atoms with E-state index in [1.807, 2.05) is 6.26 Å². The molecule has 0 bridgehead atoms. The van der Waals surface area contributed by atoms with Crippen LogP contribution in [-0.2, 0) is 21.1 Å². The predicted molar refractivity (Wildman–Crippen MR) is 63.0 cm³/mol. The molecular formula is C9H12N4O2S. The van der Waals surface area contributed by atoms with Gasteiger partial charge in [-0.05, 0) is 6.26 Å². The van der Waals surface area contributed by atoms with Gasteiger partial charge in [0.15, 0.2) is 16.3 Å². The number of aryl methyl sites for hydroxylation is 2. The highest BCUT2D eigenvalue weighted by molar-refractivity contribution is 7.98. The van der Waals surface area contributed by atoms with E-state index in [-0.39, 0.29) is 11.2 Å². The number of thioether (sulfide) groups is 1. The molecule has 0 spiro atoms. The van der Waals surface area contributed by atoms with Crippen molar-refractivity contribution < 1.29 is 0 Å². The van der Waals surface area contributed by atoms with E-state index in [2.05, 4.69) is 4.98 Å². The zero-order valence-electron chi connectivity index (χ0n) is 9.51. The van der Waals surface area contributed by atoms with Gasteiger partial charge in [-0.25, -0.2) is 9.78 Å². The highest BCUT2D eigenvalue weighted by Crippen LogP contribution is 2.16. The summed E-state index contributed by atoms with van der Waals surface area (Å²) < 4.78 is 4.19. The molecular weight excluding hydrogens is 228 g/mol. The highest BCUT2D eigenvalue weighted by Gasteiger charge is 2.15. The summed E-state index contributed by atoms with van der Waals surface area (Å²) >= 11 is 1.44. The molecule has 2 aromatic rings. The van der Waals surface area contributed by atoms with Gasteiger partial charge >= 0.3 is 5.69 Å². The Balaban J connectivity index is 3.13. The van der Waals surface area contributed by atoms with Crippen molar-refractivity contribution in [3.8, 4) is 0 Å². The Morgan fingerprint density at radius 1 is 1.06 bits per heavy atom. The van der Waals surface area contributed by atoms with E-state index in [0.717, 1.165) is 4.57 Å². The Labute approximate surface area is 95.5 Å². The molecule has 2 aromatic heterocycles. The van der Waals surface area contributed by atoms with Crippen molar-refractivity contribution in [2.75, 3.05) is 6.26 Å². The van der Waals surface area contributed by atoms with Gasteiger partial charge in [-0.1, -0.05) is 11.8 Å². The van der Waals surface area contributed by atoms with Crippen molar-refractivity contribution in [2.45, 2.75) is 5.16 Å². The second-order valence-electron chi connectivity index (χ2n) is 3.54. The van der Waals surface area contributed by atoms with Crippen molar-refractivity contribution in [3.63, 3.8) is 0 Å². The van der Waals surface area contributed by atoms with E-state index in [1.165, 1.54) is 23.4 Å². The number of hydrogen-bond acceptors (Lipinski definition) is 4. The third-order valence-electron chi connectivity index (χ3n) is 2.62. The molecule has 7 heteroatoms. The van der Waals surface area contributed by atoms with Gasteiger partial charge in [-0.15, -0.1) is 0 Å². The van der Waals surface area contributed by atoms with Gasteiger partial charge in [0.1, 0.15) is 0 Å². The van der Waals surface area contributed by atoms with Gasteiger partial charge < -0.3 is 4.57 Å². The molecule has 0 fully saturated rings. The maximum absolute atomic E-state index is 11.9. The van der Waals surface area contributed by atoms with Crippen LogP contribution in [0.4, 0.5) is 0 Å². The summed E-state index contributed by atoms with van der Waals surface area (Å²) in [6.45, 7) is 0. The average Bonchev–Trinajstić information content (AvgIpc) is 2.61. The molecule has 0 aromatic carbocycles. The molecule has 0 amide bonds. The molecule has 0 aliphatic rings. The summed E-state index contributed by atoms with van der Waals surface area (Å²) in [7, 11) is 4.85. The lowest BCUT2D eigenvalue weighted by Gasteiger charge is -2.02. The zero-order chi connectivity index (χ0) is 12.0. The van der Waals surface area contributed by atoms with E-state index < -0.39 is 0 Å². The van der Waals surface area contributed by atoms with Crippen LogP contribution < -0.4 is 11.2 Å². The van der Waals surface area contributed by atoms with Crippen LogP contribution in [0.5, 0.6) is 0 Å². The third-order valence-corrected chi connectivity index (χ3v) is 3.35. The fraction of sp³-hybridized carbons (Fsp3) is 0.444. The normalized spacial score (nSPS) is 11.2. The maximum Gasteiger partial charge on any atom is 0.332 e. The lowest BCUT2D eigenvalue weighted by atomic mass is 10.5. The molecule has 0 radical (unpaired) electrons. The minimum absolute atomic E-state index is 0.312. The van der Waals surface area contributed by atoms with Crippen LogP contribution in [0, 0.1) is 0 Å². The second-order valence-corrected chi connectivity index (χ2v) is 4.31. The Bertz CT molecular complexity index is 679. The van der Waals surface area contributed by atoms with Gasteiger partial charge in [0.25, 0.3) is 5.56 Å². The number of aromatic nitrogens is 4. The van der Waals surface area contributed by atoms with Crippen LogP contribution in [0.15, 0.2) is 14.7 Å². The molecule has 16 heavy (non-hydrogen) atoms. The zero-order valence-corrected chi connectivity index (χ0v) is 10.3. The molecule has 0 aliphatic heterocycles. The van der Waals surface area contributed by atoms with Crippen LogP contribution >= 0.6 is 11.8 Å². The first-order valence-corrected chi connectivity index (χ1v) is 5.88. The SMILES string of the molecule is CSc1nc2c(c(=O)n(C)c(=O)n2C)n1C. The predicted octanol–water partition coefficient (Wildman–Crippen LogP) is -0.307. The first kappa shape index (κ1) is 11.0. The molecule has 0 unspecified atom stereocenters. The summed E-state index contributed by atoms with van der Waals surface area (Å²) in [5.74, 6) is 0. The summed E-state index contributed by atoms with van der Waals surface area (Å²) in [5.41, 5.74) is 0.213. The van der Waals surface area contributed by atoms with Gasteiger partial charge in [-0.2, -0.15) is 0 Å². The Morgan fingerprint density at radius 2 is 1.69 bits per heavy atom. The fourth-order valence-corrected chi connectivity index (χ4v) is 2.22. The van der Waals surface area contributed by atoms with Crippen LogP contribution in [0.2, 0.25) is 0 Å². The number of imidazole rings is 1. The van der Waals surface area contributed by atoms with Crippen molar-refractivity contribution in [1.29, 1.82) is 0 Å². The molecule has 0 saturated carbocycles. The fourth-order valence-electron chi connectivity index (χ4n) is 1.68. The summed E-state index contributed by atoms with van der Waals surface area (Å²) in [6.07, 6.45) is 1.88. The van der Waals surface area contributed by atoms with Crippen molar-refractivity contribution in [1.82, 2.24) is 18.7 Å². The summed E-state index contributed by atoms with van der Waals surface area (Å²) in [5, 5.41) is 0.716. The largest absolute Gasteiger partial charge is 0.332 e. The Hall–Kier alpha value is -1.50. The third kappa shape index (κ3) is 1.24. The molecule has 86 valence electrons. The van der Waals surface area contributed by atoms with Crippen LogP contribution in [-0.4, -0.2) is 24.9 Å². The maximum atomic E-state index is 11.9. The molecule has 2 heterocycles. The summed E-state index contributed by atoms with van der Waals surface area (Å²) in [6, 6.07) is 0. The van der Waals surface area contributed by atoms with Gasteiger partial charge in [-0.3, -0.25) is 13.9 Å². The Kier molecular flexibility index (Phi) is 2.42. The van der Waals surface area contributed by atoms with Gasteiger partial charge in [0.2, 0.25) is 0 Å². The minimum atomic E-state index is -0.358. The quantitative estimate of drug-likeness (QED) is 0.642. The number of hydrogen-bond donors (Lipinski definition) is 0. The number of fused-ring (bicyclic) bond motifs is 1. The van der Waals surface area contributed by atoms with Crippen LogP contribution in [0.25, 0.3) is 11.2 Å². The van der Waals surface area contributed by atoms with Crippen molar-refractivity contribution in [2.24, 2.45) is 21.1 Å². The van der Waals surface area contributed by atoms with Gasteiger partial charge in [0, 0.05) is 21.1 Å². The summed E-state index contributed by atoms with van der Waals surface area (Å²) in [4.78, 5) is 27.9. The van der Waals surface area contributed by atoms with E-state index in [4.69, 9.17) is 0 Å². The highest BCUT2D eigenvalue weighted by atomic mass is 32.2. The number of rotatable bonds is 1. The van der Waals surface area contributed by atoms with E-state index >= 15 is 0 Å². The monoisotopic (exact) mass is 240 g/mol. The topological polar surface area (TPSA) is 61.8 Å². The molecule has 2 rings (SSSR count). The second kappa shape index (κ2) is 3.51. The van der Waals surface area contributed by atoms with E-state index in [9.17, 15) is 9.59 Å². The molecule has 0 aliphatic carbocycles. The lowest BCUT2D eigenvalue weighted by molar-refractivity contribution is 0.705. The Morgan fingerprint density at radius 3 is 2.25 bits per heavy atom. The van der Waals surface area contributed by atoms with Crippen molar-refractivity contribution >= 4 is 22.9 Å². The average molecular weight is 240 g/mol. The van der Waals surface area contributed by atoms with Crippen LogP contribution in [0.3, 0.4) is 0 Å². The molecule has 0 atom stereocenters. The lowest BCUT2D eigenvalue weighted by Crippen LogP contribution is -2.37. The first-order chi connectivity index (χ1) is 7.49. The first-order valence-electron chi connectivity index (χ1n) is 4.65. The molecule has 6 nitrogen and oxygen atoms in total. The van der Waals surface area contributed by atoms with E-state index in [0.29, 0.717) is 16.3 Å². The minimum Gasteiger partial charge on any atom is -0.316 e. The van der Waals surface area contributed by atoms with Crippen molar-refractivity contribution in [3.05, 3.63) is 20.8 Å². The van der Waals surface area contributed by atoms with Crippen LogP contribution in [0.1, 0.15) is 0 Å². The molecule has 0 saturated heterocycles.